The molecule has 1 heterocycles. The number of allylic oxidation sites excluding steroid dienone is 2. The predicted molar refractivity (Wildman–Crippen MR) is 227 cm³/mol. The first-order valence-corrected chi connectivity index (χ1v) is 22.0. The van der Waals surface area contributed by atoms with Crippen molar-refractivity contribution in [2.24, 2.45) is 50.7 Å². The van der Waals surface area contributed by atoms with Crippen molar-refractivity contribution in [1.29, 1.82) is 0 Å². The molecule has 8 rings (SSSR count). The molecule has 9 heteroatoms. The first-order chi connectivity index (χ1) is 27.8. The van der Waals surface area contributed by atoms with Crippen LogP contribution in [-0.2, 0) is 19.1 Å². The zero-order chi connectivity index (χ0) is 42.3. The highest BCUT2D eigenvalue weighted by Gasteiger charge is 2.63. The van der Waals surface area contributed by atoms with Crippen LogP contribution in [0.4, 0.5) is 0 Å². The van der Waals surface area contributed by atoms with Crippen molar-refractivity contribution in [3.05, 3.63) is 64.5 Å². The molecule has 2 aromatic carbocycles. The Morgan fingerprint density at radius 3 is 2.19 bits per heavy atom. The molecule has 1 aromatic heterocycles. The molecule has 0 bridgehead atoms. The van der Waals surface area contributed by atoms with Gasteiger partial charge in [-0.2, -0.15) is 0 Å². The first-order valence-electron chi connectivity index (χ1n) is 22.0. The lowest BCUT2D eigenvalue weighted by atomic mass is 9.42. The van der Waals surface area contributed by atoms with Gasteiger partial charge in [0.05, 0.1) is 24.5 Å². The van der Waals surface area contributed by atoms with Gasteiger partial charge >= 0.3 is 11.9 Å². The van der Waals surface area contributed by atoms with E-state index in [2.05, 4.69) is 54.5 Å². The topological polar surface area (TPSA) is 132 Å². The smallest absolute Gasteiger partial charge is 0.311 e. The molecule has 5 aliphatic rings. The minimum absolute atomic E-state index is 0.00526. The average molecular weight is 809 g/mol. The van der Waals surface area contributed by atoms with E-state index in [9.17, 15) is 24.6 Å². The Morgan fingerprint density at radius 1 is 0.780 bits per heavy atom. The molecule has 0 aliphatic heterocycles. The highest BCUT2D eigenvalue weighted by Crippen LogP contribution is 2.70. The van der Waals surface area contributed by atoms with Gasteiger partial charge < -0.3 is 28.8 Å². The number of benzene rings is 2. The van der Waals surface area contributed by atoms with E-state index in [1.807, 2.05) is 7.11 Å². The summed E-state index contributed by atoms with van der Waals surface area (Å²) in [6.45, 7) is 17.3. The zero-order valence-electron chi connectivity index (χ0n) is 36.3. The predicted octanol–water partition coefficient (Wildman–Crippen LogP) is 10.9. The molecule has 9 nitrogen and oxygen atoms in total. The number of aromatic hydroxyl groups is 2. The molecule has 0 spiro atoms. The number of rotatable bonds is 7. The van der Waals surface area contributed by atoms with Crippen LogP contribution in [0.2, 0.25) is 0 Å². The third kappa shape index (κ3) is 6.91. The second-order valence-electron chi connectivity index (χ2n) is 20.9. The van der Waals surface area contributed by atoms with Crippen LogP contribution in [0.1, 0.15) is 126 Å². The van der Waals surface area contributed by atoms with E-state index in [0.29, 0.717) is 46.2 Å². The molecule has 4 saturated carbocycles. The molecule has 5 aliphatic carbocycles. The lowest BCUT2D eigenvalue weighted by Gasteiger charge is -2.64. The number of phenolic OH excluding ortho intramolecular Hbond substituents is 2. The Balaban J connectivity index is 0.903. The van der Waals surface area contributed by atoms with Gasteiger partial charge in [-0.3, -0.25) is 14.4 Å². The molecule has 0 amide bonds. The van der Waals surface area contributed by atoms with Crippen LogP contribution in [0.25, 0.3) is 22.1 Å². The number of methoxy groups -OCH3 is 1. The highest BCUT2D eigenvalue weighted by atomic mass is 16.5. The zero-order valence-corrected chi connectivity index (χ0v) is 36.3. The summed E-state index contributed by atoms with van der Waals surface area (Å²) in [6, 6.07) is 8.61. The van der Waals surface area contributed by atoms with E-state index in [-0.39, 0.29) is 63.2 Å². The molecule has 59 heavy (non-hydrogen) atoms. The van der Waals surface area contributed by atoms with Crippen LogP contribution in [0.5, 0.6) is 17.2 Å². The quantitative estimate of drug-likeness (QED) is 0.136. The van der Waals surface area contributed by atoms with Crippen LogP contribution in [0.15, 0.2) is 63.5 Å². The number of esters is 2. The molecule has 9 atom stereocenters. The van der Waals surface area contributed by atoms with Gasteiger partial charge in [0.15, 0.2) is 0 Å². The number of hydrogen-bond acceptors (Lipinski definition) is 9. The number of hydrogen-bond donors (Lipinski definition) is 2. The molecule has 0 radical (unpaired) electrons. The maximum atomic E-state index is 13.4. The van der Waals surface area contributed by atoms with E-state index < -0.39 is 23.1 Å². The Labute approximate surface area is 348 Å². The standard InChI is InChI=1S/C50H64O9/c1-46(2)38-19-22-48(5)27-30-11-15-37-47(3,4)41(21-23-49(37,6)34(30)14-16-39(48)50(38,7)24-20-40(46)56-8)59-43(54)18-17-42(53)58-32-25-35(52)44-36(26-32)57-28-33(45(44)55)29-9-12-31(51)13-10-29/h9-13,25-26,28,34,37-41,51-52H,14-24,27H2,1-8H3/t34-,37-,38?,39?,40-,41+,48-,49+,50-/m0/s1. The third-order valence-corrected chi connectivity index (χ3v) is 17.1. The summed E-state index contributed by atoms with van der Waals surface area (Å²) in [6.07, 6.45) is 15.0. The summed E-state index contributed by atoms with van der Waals surface area (Å²) in [5.41, 5.74) is 2.64. The Morgan fingerprint density at radius 2 is 1.46 bits per heavy atom. The highest BCUT2D eigenvalue weighted by molar-refractivity contribution is 5.89. The molecule has 3 aromatic rings. The molecule has 2 unspecified atom stereocenters. The fourth-order valence-corrected chi connectivity index (χ4v) is 14.3. The Hall–Kier alpha value is -4.11. The molecular formula is C50H64O9. The summed E-state index contributed by atoms with van der Waals surface area (Å²) in [4.78, 5) is 39.5. The van der Waals surface area contributed by atoms with E-state index in [4.69, 9.17) is 18.6 Å². The molecule has 2 N–H and O–H groups in total. The number of carbonyl (C=O) groups excluding carboxylic acids is 2. The first kappa shape index (κ1) is 41.6. The van der Waals surface area contributed by atoms with Crippen molar-refractivity contribution in [3.63, 3.8) is 0 Å². The number of ether oxygens (including phenoxy) is 3. The summed E-state index contributed by atoms with van der Waals surface area (Å²) < 4.78 is 23.5. The van der Waals surface area contributed by atoms with Crippen molar-refractivity contribution in [1.82, 2.24) is 0 Å². The summed E-state index contributed by atoms with van der Waals surface area (Å²) in [5.74, 6) is 0.814. The van der Waals surface area contributed by atoms with Gasteiger partial charge in [-0.1, -0.05) is 72.2 Å². The van der Waals surface area contributed by atoms with Gasteiger partial charge in [-0.25, -0.2) is 0 Å². The summed E-state index contributed by atoms with van der Waals surface area (Å²) >= 11 is 0. The van der Waals surface area contributed by atoms with Gasteiger partial charge in [-0.05, 0) is 127 Å². The number of phenols is 2. The van der Waals surface area contributed by atoms with Gasteiger partial charge in [0.25, 0.3) is 0 Å². The van der Waals surface area contributed by atoms with Crippen molar-refractivity contribution in [2.75, 3.05) is 7.11 Å². The maximum Gasteiger partial charge on any atom is 0.311 e. The van der Waals surface area contributed by atoms with Crippen LogP contribution in [0.3, 0.4) is 0 Å². The maximum absolute atomic E-state index is 13.4. The van der Waals surface area contributed by atoms with Crippen molar-refractivity contribution < 1.29 is 38.4 Å². The van der Waals surface area contributed by atoms with Crippen LogP contribution in [-0.4, -0.2) is 41.5 Å². The Kier molecular flexibility index (Phi) is 10.4. The SMILES string of the molecule is CO[C@H]1CC[C@@]2(C)C(CC[C@@]3(C)CC4=CC[C@H]5C(C)(C)[C@H](OC(=O)CCC(=O)Oc6cc(O)c7c(=O)c(-c8ccc(O)cc8)coc7c6)CC[C@]5(C)[C@H]4CCC32)C1(C)C. The van der Waals surface area contributed by atoms with Crippen molar-refractivity contribution in [3.8, 4) is 28.4 Å². The fourth-order valence-electron chi connectivity index (χ4n) is 14.3. The van der Waals surface area contributed by atoms with Crippen molar-refractivity contribution in [2.45, 2.75) is 138 Å². The van der Waals surface area contributed by atoms with Gasteiger partial charge in [0.2, 0.25) is 5.43 Å². The molecular weight excluding hydrogens is 745 g/mol. The molecule has 4 fully saturated rings. The van der Waals surface area contributed by atoms with E-state index in [0.717, 1.165) is 25.7 Å². The van der Waals surface area contributed by atoms with Crippen LogP contribution in [0, 0.1) is 50.7 Å². The van der Waals surface area contributed by atoms with E-state index in [1.165, 1.54) is 69.1 Å². The minimum atomic E-state index is -0.665. The van der Waals surface area contributed by atoms with Gasteiger partial charge in [0, 0.05) is 24.7 Å². The second-order valence-corrected chi connectivity index (χ2v) is 20.9. The van der Waals surface area contributed by atoms with E-state index in [1.54, 1.807) is 17.7 Å². The molecule has 0 saturated heterocycles. The average Bonchev–Trinajstić information content (AvgIpc) is 3.33. The van der Waals surface area contributed by atoms with E-state index >= 15 is 0 Å². The van der Waals surface area contributed by atoms with Crippen molar-refractivity contribution >= 4 is 22.9 Å². The lowest BCUT2D eigenvalue weighted by molar-refractivity contribution is -0.178. The fraction of sp³-hybridized carbons (Fsp3) is 0.620. The largest absolute Gasteiger partial charge is 0.508 e. The van der Waals surface area contributed by atoms with Gasteiger partial charge in [-0.15, -0.1) is 0 Å². The summed E-state index contributed by atoms with van der Waals surface area (Å²) in [7, 11) is 1.90. The van der Waals surface area contributed by atoms with Crippen LogP contribution >= 0.6 is 0 Å². The third-order valence-electron chi connectivity index (χ3n) is 17.1. The Bertz CT molecular complexity index is 2210. The monoisotopic (exact) mass is 808 g/mol. The van der Waals surface area contributed by atoms with Crippen LogP contribution < -0.4 is 10.2 Å². The second kappa shape index (κ2) is 14.8. The normalized spacial score (nSPS) is 34.5. The van der Waals surface area contributed by atoms with Gasteiger partial charge in [0.1, 0.15) is 40.6 Å². The minimum Gasteiger partial charge on any atom is -0.508 e. The summed E-state index contributed by atoms with van der Waals surface area (Å²) in [5, 5.41) is 20.3. The number of carbonyl (C=O) groups is 2. The molecule has 318 valence electrons. The number of fused-ring (bicyclic) bond motifs is 7. The lowest BCUT2D eigenvalue weighted by Crippen LogP contribution is -2.58.